The van der Waals surface area contributed by atoms with Crippen LogP contribution in [0.4, 0.5) is 4.79 Å². The third-order valence-electron chi connectivity index (χ3n) is 6.33. The maximum absolute atomic E-state index is 11.2. The topological polar surface area (TPSA) is 89.7 Å². The fourth-order valence-electron chi connectivity index (χ4n) is 4.97. The number of benzene rings is 1. The predicted octanol–water partition coefficient (Wildman–Crippen LogP) is 2.76. The number of ether oxygens (including phenoxy) is 2. The lowest BCUT2D eigenvalue weighted by atomic mass is 9.96. The van der Waals surface area contributed by atoms with Crippen molar-refractivity contribution in [2.45, 2.75) is 56.5 Å². The number of piperidine rings is 1. The molecule has 29 heavy (non-hydrogen) atoms. The fourth-order valence-corrected chi connectivity index (χ4v) is 4.97. The second kappa shape index (κ2) is 7.55. The standard InChI is InChI=1S/C22H26N4O3/c23-22(27)25-16-10-17-7-8-18(11-16)26(17)12-14-3-5-15(6-4-14)20-13-28-19-2-1-9-24-21(19)29-20/h1-6,9,16-18,20H,7-8,10-13H2,(H3,23,25,27)/t16?,17-,18?,20?/m0/s1. The Bertz CT molecular complexity index is 874. The zero-order valence-corrected chi connectivity index (χ0v) is 16.3. The van der Waals surface area contributed by atoms with E-state index >= 15 is 0 Å². The van der Waals surface area contributed by atoms with Crippen molar-refractivity contribution in [2.75, 3.05) is 6.61 Å². The minimum atomic E-state index is -0.412. The van der Waals surface area contributed by atoms with E-state index in [0.29, 0.717) is 30.3 Å². The maximum Gasteiger partial charge on any atom is 0.312 e. The molecule has 2 amide bonds. The summed E-state index contributed by atoms with van der Waals surface area (Å²) in [6, 6.07) is 13.2. The lowest BCUT2D eigenvalue weighted by Crippen LogP contribution is -2.51. The number of rotatable bonds is 4. The molecule has 3 unspecified atom stereocenters. The van der Waals surface area contributed by atoms with Crippen LogP contribution in [0.5, 0.6) is 11.6 Å². The molecule has 152 valence electrons. The van der Waals surface area contributed by atoms with Gasteiger partial charge in [-0.15, -0.1) is 0 Å². The van der Waals surface area contributed by atoms with Crippen LogP contribution in [-0.4, -0.2) is 40.6 Å². The highest BCUT2D eigenvalue weighted by Crippen LogP contribution is 2.37. The lowest BCUT2D eigenvalue weighted by Gasteiger charge is -2.39. The van der Waals surface area contributed by atoms with Crippen molar-refractivity contribution in [1.29, 1.82) is 0 Å². The van der Waals surface area contributed by atoms with Crippen LogP contribution in [0.25, 0.3) is 0 Å². The Hall–Kier alpha value is -2.80. The number of nitrogens with zero attached hydrogens (tertiary/aromatic N) is 2. The van der Waals surface area contributed by atoms with Crippen LogP contribution in [0.15, 0.2) is 42.6 Å². The largest absolute Gasteiger partial charge is 0.484 e. The van der Waals surface area contributed by atoms with Crippen molar-refractivity contribution in [2.24, 2.45) is 5.73 Å². The highest BCUT2D eigenvalue weighted by molar-refractivity contribution is 5.72. The second-order valence-corrected chi connectivity index (χ2v) is 8.20. The molecule has 3 aliphatic rings. The Labute approximate surface area is 170 Å². The number of fused-ring (bicyclic) bond motifs is 3. The van der Waals surface area contributed by atoms with Gasteiger partial charge in [-0.3, -0.25) is 4.90 Å². The first-order valence-electron chi connectivity index (χ1n) is 10.3. The predicted molar refractivity (Wildman–Crippen MR) is 108 cm³/mol. The summed E-state index contributed by atoms with van der Waals surface area (Å²) >= 11 is 0. The zero-order chi connectivity index (χ0) is 19.8. The molecule has 2 saturated heterocycles. The van der Waals surface area contributed by atoms with Crippen LogP contribution >= 0.6 is 0 Å². The summed E-state index contributed by atoms with van der Waals surface area (Å²) in [4.78, 5) is 18.0. The van der Waals surface area contributed by atoms with E-state index in [2.05, 4.69) is 39.5 Å². The zero-order valence-electron chi connectivity index (χ0n) is 16.3. The molecule has 7 heteroatoms. The molecule has 0 spiro atoms. The lowest BCUT2D eigenvalue weighted by molar-refractivity contribution is 0.0850. The van der Waals surface area contributed by atoms with Crippen LogP contribution in [0, 0.1) is 0 Å². The Morgan fingerprint density at radius 3 is 2.66 bits per heavy atom. The van der Waals surface area contributed by atoms with E-state index in [1.807, 2.05) is 12.1 Å². The summed E-state index contributed by atoms with van der Waals surface area (Å²) in [5.41, 5.74) is 7.70. The molecule has 2 aromatic rings. The first kappa shape index (κ1) is 18.2. The Morgan fingerprint density at radius 2 is 1.93 bits per heavy atom. The minimum absolute atomic E-state index is 0.141. The molecule has 2 bridgehead atoms. The van der Waals surface area contributed by atoms with Gasteiger partial charge in [0.1, 0.15) is 6.61 Å². The number of primary amides is 1. The average molecular weight is 394 g/mol. The number of amides is 2. The van der Waals surface area contributed by atoms with Gasteiger partial charge < -0.3 is 20.5 Å². The van der Waals surface area contributed by atoms with E-state index in [9.17, 15) is 4.79 Å². The third-order valence-corrected chi connectivity index (χ3v) is 6.33. The summed E-state index contributed by atoms with van der Waals surface area (Å²) in [6.07, 6.45) is 5.93. The highest BCUT2D eigenvalue weighted by atomic mass is 16.6. The quantitative estimate of drug-likeness (QED) is 0.832. The van der Waals surface area contributed by atoms with Gasteiger partial charge >= 0.3 is 6.03 Å². The van der Waals surface area contributed by atoms with E-state index in [1.165, 1.54) is 18.4 Å². The van der Waals surface area contributed by atoms with Gasteiger partial charge in [-0.05, 0) is 48.9 Å². The normalized spacial score (nSPS) is 28.1. The molecule has 3 N–H and O–H groups in total. The van der Waals surface area contributed by atoms with Crippen molar-refractivity contribution in [3.63, 3.8) is 0 Å². The minimum Gasteiger partial charge on any atom is -0.484 e. The number of hydrogen-bond acceptors (Lipinski definition) is 5. The van der Waals surface area contributed by atoms with Crippen LogP contribution < -0.4 is 20.5 Å². The van der Waals surface area contributed by atoms with Gasteiger partial charge in [0.15, 0.2) is 11.9 Å². The molecule has 3 aliphatic heterocycles. The van der Waals surface area contributed by atoms with Crippen LogP contribution in [-0.2, 0) is 6.54 Å². The molecular weight excluding hydrogens is 368 g/mol. The van der Waals surface area contributed by atoms with Crippen molar-refractivity contribution >= 4 is 6.03 Å². The van der Waals surface area contributed by atoms with Crippen LogP contribution in [0.3, 0.4) is 0 Å². The Balaban J connectivity index is 1.22. The number of carbonyl (C=O) groups is 1. The van der Waals surface area contributed by atoms with Crippen molar-refractivity contribution in [1.82, 2.24) is 15.2 Å². The number of aromatic nitrogens is 1. The highest BCUT2D eigenvalue weighted by Gasteiger charge is 2.40. The third kappa shape index (κ3) is 3.74. The number of nitrogens with two attached hydrogens (primary N) is 1. The fraction of sp³-hybridized carbons (Fsp3) is 0.455. The van der Waals surface area contributed by atoms with Gasteiger partial charge in [0.25, 0.3) is 5.88 Å². The van der Waals surface area contributed by atoms with E-state index in [4.69, 9.17) is 15.2 Å². The molecule has 1 aromatic heterocycles. The first-order chi connectivity index (χ1) is 14.2. The van der Waals surface area contributed by atoms with E-state index in [-0.39, 0.29) is 12.1 Å². The number of urea groups is 1. The smallest absolute Gasteiger partial charge is 0.312 e. The molecule has 0 aliphatic carbocycles. The van der Waals surface area contributed by atoms with Crippen molar-refractivity contribution in [3.8, 4) is 11.6 Å². The maximum atomic E-state index is 11.2. The molecule has 5 rings (SSSR count). The molecular formula is C22H26N4O3. The summed E-state index contributed by atoms with van der Waals surface area (Å²) in [5.74, 6) is 1.25. The van der Waals surface area contributed by atoms with Crippen molar-refractivity contribution < 1.29 is 14.3 Å². The van der Waals surface area contributed by atoms with Gasteiger partial charge in [0, 0.05) is 30.9 Å². The summed E-state index contributed by atoms with van der Waals surface area (Å²) < 4.78 is 11.8. The molecule has 2 fully saturated rings. The number of pyridine rings is 1. The number of nitrogens with one attached hydrogen (secondary N) is 1. The van der Waals surface area contributed by atoms with Crippen LogP contribution in [0.2, 0.25) is 0 Å². The second-order valence-electron chi connectivity index (χ2n) is 8.20. The molecule has 4 atom stereocenters. The van der Waals surface area contributed by atoms with E-state index in [1.54, 1.807) is 6.20 Å². The van der Waals surface area contributed by atoms with E-state index < -0.39 is 6.03 Å². The average Bonchev–Trinajstić information content (AvgIpc) is 2.95. The monoisotopic (exact) mass is 394 g/mol. The molecule has 0 saturated carbocycles. The van der Waals surface area contributed by atoms with Crippen molar-refractivity contribution in [3.05, 3.63) is 53.7 Å². The van der Waals surface area contributed by atoms with Gasteiger partial charge in [-0.2, -0.15) is 0 Å². The number of carbonyl (C=O) groups excluding carboxylic acids is 1. The van der Waals surface area contributed by atoms with E-state index in [0.717, 1.165) is 24.9 Å². The van der Waals surface area contributed by atoms with Gasteiger partial charge in [0.2, 0.25) is 0 Å². The first-order valence-corrected chi connectivity index (χ1v) is 10.3. The van der Waals surface area contributed by atoms with Gasteiger partial charge in [-0.25, -0.2) is 9.78 Å². The molecule has 7 nitrogen and oxygen atoms in total. The number of hydrogen-bond donors (Lipinski definition) is 2. The SMILES string of the molecule is NC(=O)NC1CC2CC[C@@H](C1)N2Cc1ccc(C2COc3cccnc3O2)cc1. The summed E-state index contributed by atoms with van der Waals surface area (Å²) in [6.45, 7) is 1.42. The molecule has 1 aromatic carbocycles. The summed E-state index contributed by atoms with van der Waals surface area (Å²) in [5, 5.41) is 2.90. The van der Waals surface area contributed by atoms with Gasteiger partial charge in [0.05, 0.1) is 0 Å². The molecule has 4 heterocycles. The molecule has 0 radical (unpaired) electrons. The Kier molecular flexibility index (Phi) is 4.75. The Morgan fingerprint density at radius 1 is 1.17 bits per heavy atom. The van der Waals surface area contributed by atoms with Crippen LogP contribution in [0.1, 0.15) is 42.9 Å². The van der Waals surface area contributed by atoms with Gasteiger partial charge in [-0.1, -0.05) is 24.3 Å². The summed E-state index contributed by atoms with van der Waals surface area (Å²) in [7, 11) is 0.